The van der Waals surface area contributed by atoms with E-state index < -0.39 is 5.60 Å². The number of phenolic OH excluding ortho intramolecular Hbond substituents is 1. The average Bonchev–Trinajstić information content (AvgIpc) is 2.45. The van der Waals surface area contributed by atoms with E-state index in [-0.39, 0.29) is 16.6 Å². The van der Waals surface area contributed by atoms with Gasteiger partial charge in [0.05, 0.1) is 0 Å². The zero-order valence-corrected chi connectivity index (χ0v) is 15.9. The Labute approximate surface area is 146 Å². The summed E-state index contributed by atoms with van der Waals surface area (Å²) in [6.07, 6.45) is 0. The lowest BCUT2D eigenvalue weighted by Gasteiger charge is -2.32. The van der Waals surface area contributed by atoms with Gasteiger partial charge >= 0.3 is 0 Å². The Bertz CT molecular complexity index is 714. The molecule has 1 unspecified atom stereocenters. The van der Waals surface area contributed by atoms with Crippen molar-refractivity contribution in [2.75, 3.05) is 0 Å². The van der Waals surface area contributed by atoms with Gasteiger partial charge in [0, 0.05) is 5.56 Å². The zero-order valence-electron chi connectivity index (χ0n) is 15.9. The number of aliphatic hydroxyl groups is 1. The summed E-state index contributed by atoms with van der Waals surface area (Å²) in [4.78, 5) is 0. The van der Waals surface area contributed by atoms with E-state index in [9.17, 15) is 10.2 Å². The summed E-state index contributed by atoms with van der Waals surface area (Å²) in [7, 11) is 0. The Morgan fingerprint density at radius 3 is 1.62 bits per heavy atom. The van der Waals surface area contributed by atoms with Crippen molar-refractivity contribution in [3.05, 3.63) is 64.7 Å². The lowest BCUT2D eigenvalue weighted by atomic mass is 9.75. The highest BCUT2D eigenvalue weighted by Gasteiger charge is 2.33. The molecule has 0 aliphatic carbocycles. The predicted octanol–water partition coefficient (Wildman–Crippen LogP) is 5.24. The first kappa shape index (κ1) is 18.5. The molecule has 2 aromatic rings. The second-order valence-corrected chi connectivity index (χ2v) is 8.86. The maximum atomic E-state index is 11.3. The van der Waals surface area contributed by atoms with E-state index in [2.05, 4.69) is 47.6 Å². The van der Waals surface area contributed by atoms with Gasteiger partial charge in [-0.1, -0.05) is 77.9 Å². The second kappa shape index (κ2) is 5.93. The van der Waals surface area contributed by atoms with E-state index in [1.54, 1.807) is 6.92 Å². The summed E-state index contributed by atoms with van der Waals surface area (Å²) < 4.78 is 0. The molecule has 0 amide bonds. The van der Waals surface area contributed by atoms with Crippen LogP contribution < -0.4 is 0 Å². The number of benzene rings is 2. The minimum atomic E-state index is -1.26. The fourth-order valence-corrected chi connectivity index (χ4v) is 2.93. The summed E-state index contributed by atoms with van der Waals surface area (Å²) in [5.74, 6) is 0.185. The Kier molecular flexibility index (Phi) is 4.58. The molecule has 2 heteroatoms. The quantitative estimate of drug-likeness (QED) is 0.792. The van der Waals surface area contributed by atoms with Gasteiger partial charge in [0.15, 0.2) is 0 Å². The minimum absolute atomic E-state index is 0.0742. The van der Waals surface area contributed by atoms with Gasteiger partial charge in [-0.3, -0.25) is 0 Å². The first-order valence-corrected chi connectivity index (χ1v) is 8.51. The van der Waals surface area contributed by atoms with Crippen molar-refractivity contribution in [1.82, 2.24) is 0 Å². The first-order valence-electron chi connectivity index (χ1n) is 8.51. The molecule has 0 saturated heterocycles. The van der Waals surface area contributed by atoms with Crippen LogP contribution in [0.15, 0.2) is 42.5 Å². The molecule has 0 aliphatic heterocycles. The number of hydrogen-bond donors (Lipinski definition) is 2. The topological polar surface area (TPSA) is 40.5 Å². The highest BCUT2D eigenvalue weighted by molar-refractivity contribution is 5.53. The van der Waals surface area contributed by atoms with Crippen LogP contribution in [0, 0.1) is 0 Å². The van der Waals surface area contributed by atoms with Crippen LogP contribution in [0.4, 0.5) is 0 Å². The maximum Gasteiger partial charge on any atom is 0.125 e. The van der Waals surface area contributed by atoms with Crippen molar-refractivity contribution in [3.63, 3.8) is 0 Å². The largest absolute Gasteiger partial charge is 0.507 e. The number of aromatic hydroxyl groups is 1. The second-order valence-electron chi connectivity index (χ2n) is 8.86. The SMILES string of the molecule is CC(C)(C)c1cc(C(C)(C)C)c(O)c(C(C)(O)c2ccccc2)c1. The van der Waals surface area contributed by atoms with Gasteiger partial charge in [0.25, 0.3) is 0 Å². The molecule has 0 saturated carbocycles. The maximum absolute atomic E-state index is 11.3. The number of phenols is 1. The molecule has 0 radical (unpaired) electrons. The molecule has 24 heavy (non-hydrogen) atoms. The normalized spacial score (nSPS) is 15.2. The molecule has 0 bridgehead atoms. The summed E-state index contributed by atoms with van der Waals surface area (Å²) in [5.41, 5.74) is 1.75. The highest BCUT2D eigenvalue weighted by atomic mass is 16.3. The van der Waals surface area contributed by atoms with Crippen LogP contribution >= 0.6 is 0 Å². The van der Waals surface area contributed by atoms with Crippen LogP contribution in [0.3, 0.4) is 0 Å². The van der Waals surface area contributed by atoms with E-state index in [1.165, 1.54) is 0 Å². The third kappa shape index (κ3) is 3.49. The van der Waals surface area contributed by atoms with Crippen LogP contribution in [0.25, 0.3) is 0 Å². The molecule has 0 aliphatic rings. The fourth-order valence-electron chi connectivity index (χ4n) is 2.93. The molecule has 2 nitrogen and oxygen atoms in total. The van der Waals surface area contributed by atoms with Gasteiger partial charge < -0.3 is 10.2 Å². The molecule has 130 valence electrons. The first-order chi connectivity index (χ1) is 10.8. The van der Waals surface area contributed by atoms with Gasteiger partial charge in [0.1, 0.15) is 11.4 Å². The lowest BCUT2D eigenvalue weighted by Crippen LogP contribution is -2.26. The minimum Gasteiger partial charge on any atom is -0.507 e. The number of hydrogen-bond acceptors (Lipinski definition) is 2. The molecule has 1 atom stereocenters. The third-order valence-corrected chi connectivity index (χ3v) is 4.64. The Morgan fingerprint density at radius 2 is 1.17 bits per heavy atom. The molecule has 2 aromatic carbocycles. The van der Waals surface area contributed by atoms with Crippen LogP contribution in [-0.2, 0) is 16.4 Å². The Hall–Kier alpha value is -1.80. The standard InChI is InChI=1S/C22H30O2/c1-20(2,3)16-13-17(21(4,5)6)19(23)18(14-16)22(7,24)15-11-9-8-10-12-15/h8-14,23-24H,1-7H3. The molecule has 2 N–H and O–H groups in total. The van der Waals surface area contributed by atoms with Crippen molar-refractivity contribution >= 4 is 0 Å². The highest BCUT2D eigenvalue weighted by Crippen LogP contribution is 2.43. The lowest BCUT2D eigenvalue weighted by molar-refractivity contribution is 0.0986. The third-order valence-electron chi connectivity index (χ3n) is 4.64. The predicted molar refractivity (Wildman–Crippen MR) is 101 cm³/mol. The summed E-state index contributed by atoms with van der Waals surface area (Å²) in [6, 6.07) is 13.5. The van der Waals surface area contributed by atoms with Crippen molar-refractivity contribution in [3.8, 4) is 5.75 Å². The summed E-state index contributed by atoms with van der Waals surface area (Å²) in [5, 5.41) is 22.2. The van der Waals surface area contributed by atoms with Crippen molar-refractivity contribution < 1.29 is 10.2 Å². The van der Waals surface area contributed by atoms with E-state index >= 15 is 0 Å². The van der Waals surface area contributed by atoms with Gasteiger partial charge in [-0.25, -0.2) is 0 Å². The van der Waals surface area contributed by atoms with Gasteiger partial charge in [0.2, 0.25) is 0 Å². The summed E-state index contributed by atoms with van der Waals surface area (Å²) >= 11 is 0. The average molecular weight is 326 g/mol. The summed E-state index contributed by atoms with van der Waals surface area (Å²) in [6.45, 7) is 14.4. The molecular formula is C22H30O2. The molecule has 2 rings (SSSR count). The van der Waals surface area contributed by atoms with E-state index in [0.717, 1.165) is 16.7 Å². The van der Waals surface area contributed by atoms with Crippen molar-refractivity contribution in [1.29, 1.82) is 0 Å². The van der Waals surface area contributed by atoms with Crippen LogP contribution in [0.2, 0.25) is 0 Å². The molecular weight excluding hydrogens is 296 g/mol. The van der Waals surface area contributed by atoms with E-state index in [1.807, 2.05) is 36.4 Å². The van der Waals surface area contributed by atoms with E-state index in [4.69, 9.17) is 0 Å². The van der Waals surface area contributed by atoms with Crippen LogP contribution in [-0.4, -0.2) is 10.2 Å². The van der Waals surface area contributed by atoms with Gasteiger partial charge in [-0.05, 0) is 40.5 Å². The van der Waals surface area contributed by atoms with Gasteiger partial charge in [-0.2, -0.15) is 0 Å². The Balaban J connectivity index is 2.78. The monoisotopic (exact) mass is 326 g/mol. The molecule has 0 spiro atoms. The Morgan fingerprint density at radius 1 is 0.667 bits per heavy atom. The smallest absolute Gasteiger partial charge is 0.125 e. The van der Waals surface area contributed by atoms with Crippen LogP contribution in [0.1, 0.15) is 70.7 Å². The van der Waals surface area contributed by atoms with Crippen molar-refractivity contribution in [2.24, 2.45) is 0 Å². The zero-order chi connectivity index (χ0) is 18.3. The molecule has 0 aromatic heterocycles. The van der Waals surface area contributed by atoms with Gasteiger partial charge in [-0.15, -0.1) is 0 Å². The van der Waals surface area contributed by atoms with E-state index in [0.29, 0.717) is 5.56 Å². The molecule has 0 heterocycles. The number of rotatable bonds is 2. The van der Waals surface area contributed by atoms with Crippen molar-refractivity contribution in [2.45, 2.75) is 64.9 Å². The molecule has 0 fully saturated rings. The van der Waals surface area contributed by atoms with Crippen LogP contribution in [0.5, 0.6) is 5.75 Å². The fraction of sp³-hybridized carbons (Fsp3) is 0.455.